The fourth-order valence-electron chi connectivity index (χ4n) is 1.20. The van der Waals surface area contributed by atoms with Crippen LogP contribution in [0.3, 0.4) is 0 Å². The summed E-state index contributed by atoms with van der Waals surface area (Å²) in [5, 5.41) is 9.45. The summed E-state index contributed by atoms with van der Waals surface area (Å²) >= 11 is 0. The molecule has 1 rings (SSSR count). The Bertz CT molecular complexity index is 366. The maximum atomic E-state index is 12.1. The van der Waals surface area contributed by atoms with Crippen molar-refractivity contribution in [2.45, 2.75) is 12.7 Å². The zero-order valence-corrected chi connectivity index (χ0v) is 8.69. The van der Waals surface area contributed by atoms with Crippen LogP contribution in [0, 0.1) is 0 Å². The molecule has 1 aromatic rings. The molecule has 1 atom stereocenters. The van der Waals surface area contributed by atoms with Crippen LogP contribution in [0.1, 0.15) is 11.7 Å². The van der Waals surface area contributed by atoms with Crippen LogP contribution in [0.25, 0.3) is 0 Å². The molecule has 0 spiro atoms. The number of ether oxygens (including phenoxy) is 2. The Morgan fingerprint density at radius 3 is 2.56 bits per heavy atom. The van der Waals surface area contributed by atoms with Gasteiger partial charge in [-0.05, 0) is 17.7 Å². The monoisotopic (exact) mass is 230 g/mol. The van der Waals surface area contributed by atoms with Gasteiger partial charge in [-0.3, -0.25) is 0 Å². The number of alkyl halides is 2. The number of methoxy groups -OCH3 is 1. The molecule has 1 N–H and O–H groups in total. The van der Waals surface area contributed by atoms with E-state index in [1.54, 1.807) is 6.07 Å². The molecular formula is C11H12F2O3. The van der Waals surface area contributed by atoms with Gasteiger partial charge in [-0.25, -0.2) is 0 Å². The van der Waals surface area contributed by atoms with Gasteiger partial charge in [0.15, 0.2) is 11.5 Å². The minimum atomic E-state index is -2.94. The second kappa shape index (κ2) is 5.46. The average molecular weight is 230 g/mol. The molecule has 0 saturated carbocycles. The van der Waals surface area contributed by atoms with Crippen LogP contribution in [0.5, 0.6) is 11.5 Å². The SMILES string of the molecule is C=CC(O)c1ccc(OC)c(OC(F)F)c1. The van der Waals surface area contributed by atoms with Gasteiger partial charge in [-0.2, -0.15) is 8.78 Å². The van der Waals surface area contributed by atoms with E-state index in [1.165, 1.54) is 25.3 Å². The zero-order chi connectivity index (χ0) is 12.1. The average Bonchev–Trinajstić information content (AvgIpc) is 2.27. The van der Waals surface area contributed by atoms with E-state index in [9.17, 15) is 13.9 Å². The molecule has 88 valence electrons. The van der Waals surface area contributed by atoms with E-state index in [0.29, 0.717) is 5.56 Å². The van der Waals surface area contributed by atoms with Crippen molar-refractivity contribution in [1.82, 2.24) is 0 Å². The smallest absolute Gasteiger partial charge is 0.387 e. The van der Waals surface area contributed by atoms with Crippen molar-refractivity contribution in [1.29, 1.82) is 0 Å². The Balaban J connectivity index is 3.05. The van der Waals surface area contributed by atoms with Crippen LogP contribution in [-0.2, 0) is 0 Å². The van der Waals surface area contributed by atoms with Gasteiger partial charge in [0.05, 0.1) is 13.2 Å². The highest BCUT2D eigenvalue weighted by molar-refractivity contribution is 5.44. The number of hydrogen-bond donors (Lipinski definition) is 1. The molecule has 16 heavy (non-hydrogen) atoms. The van der Waals surface area contributed by atoms with Gasteiger partial charge in [0.2, 0.25) is 0 Å². The lowest BCUT2D eigenvalue weighted by Gasteiger charge is -2.12. The number of aliphatic hydroxyl groups excluding tert-OH is 1. The Morgan fingerprint density at radius 2 is 2.06 bits per heavy atom. The predicted octanol–water partition coefficient (Wildman–Crippen LogP) is 2.52. The first-order chi connectivity index (χ1) is 7.58. The number of hydrogen-bond acceptors (Lipinski definition) is 3. The molecule has 3 nitrogen and oxygen atoms in total. The first-order valence-electron chi connectivity index (χ1n) is 4.52. The summed E-state index contributed by atoms with van der Waals surface area (Å²) in [6.07, 6.45) is 0.361. The minimum Gasteiger partial charge on any atom is -0.493 e. The molecule has 0 fully saturated rings. The third-order valence-electron chi connectivity index (χ3n) is 1.97. The maximum Gasteiger partial charge on any atom is 0.387 e. The van der Waals surface area contributed by atoms with E-state index in [4.69, 9.17) is 4.74 Å². The van der Waals surface area contributed by atoms with E-state index in [1.807, 2.05) is 0 Å². The molecule has 0 aliphatic carbocycles. The van der Waals surface area contributed by atoms with E-state index in [2.05, 4.69) is 11.3 Å². The lowest BCUT2D eigenvalue weighted by molar-refractivity contribution is -0.0513. The van der Waals surface area contributed by atoms with E-state index >= 15 is 0 Å². The Kier molecular flexibility index (Phi) is 4.25. The fourth-order valence-corrected chi connectivity index (χ4v) is 1.20. The molecule has 0 saturated heterocycles. The molecule has 0 aliphatic rings. The van der Waals surface area contributed by atoms with Gasteiger partial charge in [0.1, 0.15) is 0 Å². The summed E-state index contributed by atoms with van der Waals surface area (Å²) in [6.45, 7) is 0.460. The summed E-state index contributed by atoms with van der Waals surface area (Å²) in [6, 6.07) is 4.28. The van der Waals surface area contributed by atoms with Crippen molar-refractivity contribution < 1.29 is 23.4 Å². The Hall–Kier alpha value is -1.62. The second-order valence-corrected chi connectivity index (χ2v) is 2.97. The summed E-state index contributed by atoms with van der Waals surface area (Å²) in [5.41, 5.74) is 0.409. The molecular weight excluding hydrogens is 218 g/mol. The predicted molar refractivity (Wildman–Crippen MR) is 54.8 cm³/mol. The zero-order valence-electron chi connectivity index (χ0n) is 8.69. The van der Waals surface area contributed by atoms with Crippen LogP contribution < -0.4 is 9.47 Å². The quantitative estimate of drug-likeness (QED) is 0.790. The topological polar surface area (TPSA) is 38.7 Å². The highest BCUT2D eigenvalue weighted by atomic mass is 19.3. The van der Waals surface area contributed by atoms with Crippen molar-refractivity contribution in [3.8, 4) is 11.5 Å². The molecule has 0 heterocycles. The van der Waals surface area contributed by atoms with Crippen LogP contribution in [0.4, 0.5) is 8.78 Å². The van der Waals surface area contributed by atoms with Crippen molar-refractivity contribution >= 4 is 0 Å². The van der Waals surface area contributed by atoms with Crippen LogP contribution >= 0.6 is 0 Å². The van der Waals surface area contributed by atoms with Crippen LogP contribution in [-0.4, -0.2) is 18.8 Å². The van der Waals surface area contributed by atoms with Gasteiger partial charge in [-0.15, -0.1) is 6.58 Å². The summed E-state index contributed by atoms with van der Waals surface area (Å²) in [7, 11) is 1.34. The fraction of sp³-hybridized carbons (Fsp3) is 0.273. The molecule has 0 radical (unpaired) electrons. The summed E-state index contributed by atoms with van der Waals surface area (Å²) in [5.74, 6) is 0.0659. The van der Waals surface area contributed by atoms with Crippen LogP contribution in [0.2, 0.25) is 0 Å². The second-order valence-electron chi connectivity index (χ2n) is 2.97. The van der Waals surface area contributed by atoms with E-state index in [0.717, 1.165) is 0 Å². The third-order valence-corrected chi connectivity index (χ3v) is 1.97. The molecule has 1 unspecified atom stereocenters. The van der Waals surface area contributed by atoms with Crippen molar-refractivity contribution in [2.24, 2.45) is 0 Å². The largest absolute Gasteiger partial charge is 0.493 e. The highest BCUT2D eigenvalue weighted by Gasteiger charge is 2.13. The number of halogens is 2. The van der Waals surface area contributed by atoms with Gasteiger partial charge in [0, 0.05) is 0 Å². The lowest BCUT2D eigenvalue weighted by Crippen LogP contribution is -2.04. The van der Waals surface area contributed by atoms with Crippen molar-refractivity contribution in [3.63, 3.8) is 0 Å². The highest BCUT2D eigenvalue weighted by Crippen LogP contribution is 2.31. The van der Waals surface area contributed by atoms with Crippen molar-refractivity contribution in [3.05, 3.63) is 36.4 Å². The minimum absolute atomic E-state index is 0.115. The van der Waals surface area contributed by atoms with E-state index < -0.39 is 12.7 Å². The first-order valence-corrected chi connectivity index (χ1v) is 4.52. The molecule has 5 heteroatoms. The first kappa shape index (κ1) is 12.4. The van der Waals surface area contributed by atoms with E-state index in [-0.39, 0.29) is 11.5 Å². The van der Waals surface area contributed by atoms with Gasteiger partial charge in [0.25, 0.3) is 0 Å². The Morgan fingerprint density at radius 1 is 1.38 bits per heavy atom. The van der Waals surface area contributed by atoms with Crippen LogP contribution in [0.15, 0.2) is 30.9 Å². The summed E-state index contributed by atoms with van der Waals surface area (Å²) in [4.78, 5) is 0. The van der Waals surface area contributed by atoms with Gasteiger partial charge >= 0.3 is 6.61 Å². The molecule has 1 aromatic carbocycles. The number of benzene rings is 1. The van der Waals surface area contributed by atoms with Crippen molar-refractivity contribution in [2.75, 3.05) is 7.11 Å². The standard InChI is InChI=1S/C11H12F2O3/c1-3-8(14)7-4-5-9(15-2)10(6-7)16-11(12)13/h3-6,8,11,14H,1H2,2H3. The molecule has 0 amide bonds. The normalized spacial score (nSPS) is 12.3. The number of rotatable bonds is 5. The van der Waals surface area contributed by atoms with Gasteiger partial charge < -0.3 is 14.6 Å². The molecule has 0 aliphatic heterocycles. The molecule has 0 aromatic heterocycles. The number of aliphatic hydroxyl groups is 1. The molecule has 0 bridgehead atoms. The van der Waals surface area contributed by atoms with Gasteiger partial charge in [-0.1, -0.05) is 12.1 Å². The third kappa shape index (κ3) is 2.93. The Labute approximate surface area is 91.9 Å². The maximum absolute atomic E-state index is 12.1. The summed E-state index contributed by atoms with van der Waals surface area (Å²) < 4.78 is 33.3. The lowest BCUT2D eigenvalue weighted by atomic mass is 10.1.